The Hall–Kier alpha value is -2.32. The second-order valence-electron chi connectivity index (χ2n) is 5.83. The monoisotopic (exact) mass is 305 g/mol. The number of carbonyl (C=O) groups excluding carboxylic acids is 1. The van der Waals surface area contributed by atoms with E-state index in [0.717, 1.165) is 19.4 Å². The Labute approximate surface area is 127 Å². The first-order chi connectivity index (χ1) is 10.6. The largest absolute Gasteiger partial charge is 0.340 e. The van der Waals surface area contributed by atoms with E-state index in [0.29, 0.717) is 18.3 Å². The summed E-state index contributed by atoms with van der Waals surface area (Å²) < 4.78 is 6.79. The summed E-state index contributed by atoms with van der Waals surface area (Å²) in [6.45, 7) is 5.54. The Morgan fingerprint density at radius 3 is 3.05 bits per heavy atom. The first-order valence-electron chi connectivity index (χ1n) is 7.45. The van der Waals surface area contributed by atoms with Gasteiger partial charge in [-0.3, -0.25) is 4.79 Å². The van der Waals surface area contributed by atoms with Gasteiger partial charge in [-0.25, -0.2) is 4.68 Å². The molecule has 0 aromatic carbocycles. The first kappa shape index (κ1) is 14.6. The fourth-order valence-electron chi connectivity index (χ4n) is 2.54. The zero-order valence-electron chi connectivity index (χ0n) is 12.7. The van der Waals surface area contributed by atoms with E-state index >= 15 is 0 Å². The second-order valence-corrected chi connectivity index (χ2v) is 5.83. The van der Waals surface area contributed by atoms with Crippen LogP contribution < -0.4 is 0 Å². The molecule has 1 aliphatic heterocycles. The van der Waals surface area contributed by atoms with Crippen LogP contribution in [0.5, 0.6) is 0 Å². The van der Waals surface area contributed by atoms with Gasteiger partial charge < -0.3 is 9.42 Å². The first-order valence-corrected chi connectivity index (χ1v) is 7.45. The number of carbonyl (C=O) groups is 1. The predicted octanol–water partition coefficient (Wildman–Crippen LogP) is 0.586. The predicted molar refractivity (Wildman–Crippen MR) is 74.8 cm³/mol. The minimum absolute atomic E-state index is 0.000554. The summed E-state index contributed by atoms with van der Waals surface area (Å²) in [6.07, 6.45) is 3.31. The van der Waals surface area contributed by atoms with E-state index in [9.17, 15) is 4.79 Å². The van der Waals surface area contributed by atoms with Crippen LogP contribution in [0, 0.1) is 0 Å². The highest BCUT2D eigenvalue weighted by Crippen LogP contribution is 2.26. The van der Waals surface area contributed by atoms with Gasteiger partial charge in [0.1, 0.15) is 12.9 Å². The molecule has 0 N–H and O–H groups in total. The summed E-state index contributed by atoms with van der Waals surface area (Å²) in [5.74, 6) is 1.68. The lowest BCUT2D eigenvalue weighted by Crippen LogP contribution is -2.41. The molecule has 2 aromatic rings. The SMILES string of the molecule is CC(C)c1noc(C2CCCN(C(=O)Cn3cnnn3)C2)n1. The number of hydrogen-bond donors (Lipinski definition) is 0. The normalized spacial score (nSPS) is 18.9. The molecule has 2 aromatic heterocycles. The van der Waals surface area contributed by atoms with Crippen LogP contribution in [-0.2, 0) is 11.3 Å². The van der Waals surface area contributed by atoms with Crippen molar-refractivity contribution >= 4 is 5.91 Å². The molecule has 0 spiro atoms. The Morgan fingerprint density at radius 1 is 1.50 bits per heavy atom. The van der Waals surface area contributed by atoms with Crippen molar-refractivity contribution in [1.82, 2.24) is 35.2 Å². The molecule has 0 aliphatic carbocycles. The van der Waals surface area contributed by atoms with Crippen LogP contribution in [0.2, 0.25) is 0 Å². The summed E-state index contributed by atoms with van der Waals surface area (Å²) in [5.41, 5.74) is 0. The third-order valence-electron chi connectivity index (χ3n) is 3.79. The van der Waals surface area contributed by atoms with Gasteiger partial charge in [0, 0.05) is 19.0 Å². The van der Waals surface area contributed by atoms with Gasteiger partial charge in [0.25, 0.3) is 0 Å². The molecule has 1 fully saturated rings. The number of rotatable bonds is 4. The summed E-state index contributed by atoms with van der Waals surface area (Å²) >= 11 is 0. The molecule has 3 heterocycles. The van der Waals surface area contributed by atoms with E-state index in [2.05, 4.69) is 25.7 Å². The molecule has 0 bridgehead atoms. The highest BCUT2D eigenvalue weighted by molar-refractivity contribution is 5.76. The van der Waals surface area contributed by atoms with Crippen LogP contribution in [0.1, 0.15) is 50.2 Å². The number of aromatic nitrogens is 6. The maximum atomic E-state index is 12.3. The van der Waals surface area contributed by atoms with Crippen LogP contribution in [-0.4, -0.2) is 54.2 Å². The second kappa shape index (κ2) is 6.20. The fourth-order valence-corrected chi connectivity index (χ4v) is 2.54. The van der Waals surface area contributed by atoms with E-state index in [1.165, 1.54) is 11.0 Å². The molecule has 0 radical (unpaired) electrons. The van der Waals surface area contributed by atoms with E-state index in [1.54, 1.807) is 0 Å². The number of nitrogens with zero attached hydrogens (tertiary/aromatic N) is 7. The minimum atomic E-state index is 0.000554. The molecule has 118 valence electrons. The van der Waals surface area contributed by atoms with Crippen molar-refractivity contribution in [3.8, 4) is 0 Å². The van der Waals surface area contributed by atoms with Crippen LogP contribution in [0.25, 0.3) is 0 Å². The molecule has 1 aliphatic rings. The van der Waals surface area contributed by atoms with Gasteiger partial charge >= 0.3 is 0 Å². The van der Waals surface area contributed by atoms with Gasteiger partial charge in [-0.1, -0.05) is 19.0 Å². The molecular weight excluding hydrogens is 286 g/mol. The number of piperidine rings is 1. The van der Waals surface area contributed by atoms with E-state index in [4.69, 9.17) is 4.52 Å². The Morgan fingerprint density at radius 2 is 2.36 bits per heavy atom. The smallest absolute Gasteiger partial charge is 0.244 e. The van der Waals surface area contributed by atoms with Crippen molar-refractivity contribution in [1.29, 1.82) is 0 Å². The molecule has 9 heteroatoms. The van der Waals surface area contributed by atoms with Crippen molar-refractivity contribution in [2.24, 2.45) is 0 Å². The lowest BCUT2D eigenvalue weighted by molar-refractivity contribution is -0.133. The minimum Gasteiger partial charge on any atom is -0.340 e. The number of amides is 1. The molecule has 3 rings (SSSR count). The van der Waals surface area contributed by atoms with E-state index in [1.807, 2.05) is 18.7 Å². The number of tetrazole rings is 1. The van der Waals surface area contributed by atoms with Crippen molar-refractivity contribution in [2.75, 3.05) is 13.1 Å². The molecule has 22 heavy (non-hydrogen) atoms. The molecule has 9 nitrogen and oxygen atoms in total. The van der Waals surface area contributed by atoms with Crippen LogP contribution in [0.4, 0.5) is 0 Å². The van der Waals surface area contributed by atoms with Gasteiger partial charge in [0.05, 0.1) is 5.92 Å². The maximum absolute atomic E-state index is 12.3. The highest BCUT2D eigenvalue weighted by atomic mass is 16.5. The zero-order valence-corrected chi connectivity index (χ0v) is 12.7. The number of likely N-dealkylation sites (tertiary alicyclic amines) is 1. The lowest BCUT2D eigenvalue weighted by Gasteiger charge is -2.30. The average molecular weight is 305 g/mol. The maximum Gasteiger partial charge on any atom is 0.244 e. The van der Waals surface area contributed by atoms with Gasteiger partial charge in [-0.15, -0.1) is 5.10 Å². The quantitative estimate of drug-likeness (QED) is 0.814. The molecule has 1 saturated heterocycles. The highest BCUT2D eigenvalue weighted by Gasteiger charge is 2.29. The van der Waals surface area contributed by atoms with Crippen LogP contribution in [0.3, 0.4) is 0 Å². The van der Waals surface area contributed by atoms with Gasteiger partial charge in [-0.05, 0) is 23.3 Å². The van der Waals surface area contributed by atoms with Crippen molar-refractivity contribution in [3.63, 3.8) is 0 Å². The standard InChI is InChI=1S/C13H19N7O2/c1-9(2)12-15-13(22-16-12)10-4-3-5-19(6-10)11(21)7-20-8-14-17-18-20/h8-10H,3-7H2,1-2H3. The van der Waals surface area contributed by atoms with Crippen molar-refractivity contribution in [2.45, 2.75) is 45.1 Å². The molecule has 1 unspecified atom stereocenters. The van der Waals surface area contributed by atoms with Crippen LogP contribution >= 0.6 is 0 Å². The third kappa shape index (κ3) is 3.12. The number of hydrogen-bond acceptors (Lipinski definition) is 7. The summed E-state index contributed by atoms with van der Waals surface area (Å²) in [5, 5.41) is 14.8. The Bertz CT molecular complexity index is 622. The fraction of sp³-hybridized carbons (Fsp3) is 0.692. The van der Waals surface area contributed by atoms with Crippen molar-refractivity contribution < 1.29 is 9.32 Å². The van der Waals surface area contributed by atoms with Crippen molar-refractivity contribution in [3.05, 3.63) is 18.0 Å². The average Bonchev–Trinajstić information content (AvgIpc) is 3.18. The Kier molecular flexibility index (Phi) is 4.12. The summed E-state index contributed by atoms with van der Waals surface area (Å²) in [6, 6.07) is 0. The summed E-state index contributed by atoms with van der Waals surface area (Å²) in [4.78, 5) is 18.6. The molecule has 0 saturated carbocycles. The van der Waals surface area contributed by atoms with E-state index < -0.39 is 0 Å². The Balaban J connectivity index is 1.64. The van der Waals surface area contributed by atoms with Gasteiger partial charge in [0.2, 0.25) is 11.8 Å². The molecule has 1 atom stereocenters. The summed E-state index contributed by atoms with van der Waals surface area (Å²) in [7, 11) is 0. The third-order valence-corrected chi connectivity index (χ3v) is 3.79. The van der Waals surface area contributed by atoms with E-state index in [-0.39, 0.29) is 24.3 Å². The zero-order chi connectivity index (χ0) is 15.5. The molecule has 1 amide bonds. The molecular formula is C13H19N7O2. The topological polar surface area (TPSA) is 103 Å². The van der Waals surface area contributed by atoms with Crippen LogP contribution in [0.15, 0.2) is 10.9 Å². The van der Waals surface area contributed by atoms with Gasteiger partial charge in [0.15, 0.2) is 5.82 Å². The lowest BCUT2D eigenvalue weighted by atomic mass is 9.98. The van der Waals surface area contributed by atoms with Gasteiger partial charge in [-0.2, -0.15) is 4.98 Å².